The molecule has 0 spiro atoms. The average molecular weight is 385 g/mol. The highest BCUT2D eigenvalue weighted by Gasteiger charge is 2.11. The molecule has 0 saturated carbocycles. The maximum Gasteiger partial charge on any atom is 0.338 e. The molecule has 0 unspecified atom stereocenters. The van der Waals surface area contributed by atoms with Crippen molar-refractivity contribution in [2.75, 3.05) is 38.7 Å². The second-order valence-corrected chi connectivity index (χ2v) is 6.46. The summed E-state index contributed by atoms with van der Waals surface area (Å²) < 4.78 is 10.6. The first-order chi connectivity index (χ1) is 13.6. The quantitative estimate of drug-likeness (QED) is 0.614. The van der Waals surface area contributed by atoms with E-state index in [1.165, 1.54) is 4.90 Å². The molecule has 2 N–H and O–H groups in total. The van der Waals surface area contributed by atoms with Crippen LogP contribution >= 0.6 is 0 Å². The SMILES string of the molecule is CC[NH+](CC)CCOC(=O)c1ccc(NC(=O)Cc2ccccc2OC)cc1. The number of quaternary nitrogens is 1. The number of anilines is 1. The number of likely N-dealkylation sites (N-methyl/N-ethyl adjacent to an activating group) is 1. The maximum absolute atomic E-state index is 12.3. The predicted octanol–water partition coefficient (Wildman–Crippen LogP) is 1.96. The van der Waals surface area contributed by atoms with Gasteiger partial charge in [-0.2, -0.15) is 0 Å². The number of methoxy groups -OCH3 is 1. The van der Waals surface area contributed by atoms with Gasteiger partial charge in [0.1, 0.15) is 18.9 Å². The van der Waals surface area contributed by atoms with Crippen molar-refractivity contribution in [2.24, 2.45) is 0 Å². The monoisotopic (exact) mass is 385 g/mol. The Hall–Kier alpha value is -2.86. The Morgan fingerprint density at radius 2 is 1.68 bits per heavy atom. The fraction of sp³-hybridized carbons (Fsp3) is 0.364. The minimum absolute atomic E-state index is 0.151. The number of hydrogen-bond acceptors (Lipinski definition) is 4. The van der Waals surface area contributed by atoms with Crippen LogP contribution in [-0.4, -0.2) is 45.2 Å². The van der Waals surface area contributed by atoms with Crippen LogP contribution in [0.15, 0.2) is 48.5 Å². The Labute approximate surface area is 166 Å². The lowest BCUT2D eigenvalue weighted by molar-refractivity contribution is -0.896. The topological polar surface area (TPSA) is 69.1 Å². The van der Waals surface area contributed by atoms with E-state index in [2.05, 4.69) is 19.2 Å². The highest BCUT2D eigenvalue weighted by atomic mass is 16.5. The summed E-state index contributed by atoms with van der Waals surface area (Å²) in [6.07, 6.45) is 0.210. The Bertz CT molecular complexity index is 770. The first-order valence-corrected chi connectivity index (χ1v) is 9.59. The van der Waals surface area contributed by atoms with E-state index in [9.17, 15) is 9.59 Å². The molecular formula is C22H29N2O4+. The number of carbonyl (C=O) groups excluding carboxylic acids is 2. The van der Waals surface area contributed by atoms with Crippen molar-refractivity contribution in [3.63, 3.8) is 0 Å². The molecule has 0 aliphatic rings. The lowest BCUT2D eigenvalue weighted by Crippen LogP contribution is -3.11. The van der Waals surface area contributed by atoms with Gasteiger partial charge in [0.05, 0.1) is 32.2 Å². The smallest absolute Gasteiger partial charge is 0.338 e. The first kappa shape index (κ1) is 21.4. The summed E-state index contributed by atoms with van der Waals surface area (Å²) in [5.74, 6) is 0.183. The second-order valence-electron chi connectivity index (χ2n) is 6.46. The molecule has 0 aliphatic carbocycles. The summed E-state index contributed by atoms with van der Waals surface area (Å²) in [6, 6.07) is 14.1. The zero-order chi connectivity index (χ0) is 20.4. The molecule has 2 aromatic rings. The number of esters is 1. The molecule has 0 radical (unpaired) electrons. The highest BCUT2D eigenvalue weighted by molar-refractivity contribution is 5.94. The normalized spacial score (nSPS) is 10.6. The van der Waals surface area contributed by atoms with E-state index in [-0.39, 0.29) is 18.3 Å². The molecule has 2 aromatic carbocycles. The average Bonchev–Trinajstić information content (AvgIpc) is 2.72. The van der Waals surface area contributed by atoms with Crippen molar-refractivity contribution < 1.29 is 24.0 Å². The third-order valence-electron chi connectivity index (χ3n) is 4.64. The van der Waals surface area contributed by atoms with E-state index in [0.717, 1.165) is 25.2 Å². The first-order valence-electron chi connectivity index (χ1n) is 9.59. The van der Waals surface area contributed by atoms with Crippen LogP contribution in [0.25, 0.3) is 0 Å². The Morgan fingerprint density at radius 3 is 2.32 bits per heavy atom. The van der Waals surface area contributed by atoms with Crippen molar-refractivity contribution in [3.05, 3.63) is 59.7 Å². The van der Waals surface area contributed by atoms with Crippen LogP contribution in [-0.2, 0) is 16.0 Å². The molecule has 28 heavy (non-hydrogen) atoms. The Kier molecular flexibility index (Phi) is 8.49. The molecule has 0 saturated heterocycles. The van der Waals surface area contributed by atoms with E-state index >= 15 is 0 Å². The lowest BCUT2D eigenvalue weighted by atomic mass is 10.1. The second kappa shape index (κ2) is 11.1. The van der Waals surface area contributed by atoms with Crippen LogP contribution in [0.4, 0.5) is 5.69 Å². The minimum Gasteiger partial charge on any atom is -0.496 e. The van der Waals surface area contributed by atoms with Crippen molar-refractivity contribution in [1.29, 1.82) is 0 Å². The Morgan fingerprint density at radius 1 is 1.00 bits per heavy atom. The summed E-state index contributed by atoms with van der Waals surface area (Å²) >= 11 is 0. The van der Waals surface area contributed by atoms with Gasteiger partial charge in [-0.3, -0.25) is 4.79 Å². The van der Waals surface area contributed by atoms with Gasteiger partial charge in [-0.05, 0) is 44.2 Å². The molecule has 0 bridgehead atoms. The van der Waals surface area contributed by atoms with Gasteiger partial charge in [0, 0.05) is 11.3 Å². The number of para-hydroxylation sites is 1. The number of benzene rings is 2. The lowest BCUT2D eigenvalue weighted by Gasteiger charge is -2.15. The molecule has 0 aromatic heterocycles. The third-order valence-corrected chi connectivity index (χ3v) is 4.64. The molecule has 0 atom stereocenters. The van der Waals surface area contributed by atoms with Gasteiger partial charge in [-0.1, -0.05) is 18.2 Å². The van der Waals surface area contributed by atoms with Crippen molar-refractivity contribution in [2.45, 2.75) is 20.3 Å². The van der Waals surface area contributed by atoms with Gasteiger partial charge in [0.25, 0.3) is 0 Å². The molecule has 2 rings (SSSR count). The number of nitrogens with one attached hydrogen (secondary N) is 2. The molecule has 6 nitrogen and oxygen atoms in total. The van der Waals surface area contributed by atoms with E-state index in [4.69, 9.17) is 9.47 Å². The standard InChI is InChI=1S/C22H28N2O4/c1-4-24(5-2)14-15-28-22(26)17-10-12-19(13-11-17)23-21(25)16-18-8-6-7-9-20(18)27-3/h6-13H,4-5,14-16H2,1-3H3,(H,23,25)/p+1. The third kappa shape index (κ3) is 6.39. The van der Waals surface area contributed by atoms with Crippen molar-refractivity contribution >= 4 is 17.6 Å². The fourth-order valence-electron chi connectivity index (χ4n) is 2.89. The molecule has 0 aliphatic heterocycles. The van der Waals surface area contributed by atoms with E-state index in [0.29, 0.717) is 23.6 Å². The van der Waals surface area contributed by atoms with Crippen molar-refractivity contribution in [3.8, 4) is 5.75 Å². The molecule has 1 amide bonds. The van der Waals surface area contributed by atoms with Crippen LogP contribution in [0, 0.1) is 0 Å². The van der Waals surface area contributed by atoms with Gasteiger partial charge in [-0.15, -0.1) is 0 Å². The minimum atomic E-state index is -0.349. The van der Waals surface area contributed by atoms with Gasteiger partial charge in [0.15, 0.2) is 0 Å². The molecule has 150 valence electrons. The molecule has 6 heteroatoms. The number of carbonyl (C=O) groups is 2. The summed E-state index contributed by atoms with van der Waals surface area (Å²) in [4.78, 5) is 25.8. The summed E-state index contributed by atoms with van der Waals surface area (Å²) in [7, 11) is 1.58. The highest BCUT2D eigenvalue weighted by Crippen LogP contribution is 2.18. The zero-order valence-corrected chi connectivity index (χ0v) is 16.8. The van der Waals surface area contributed by atoms with Crippen LogP contribution in [0.2, 0.25) is 0 Å². The van der Waals surface area contributed by atoms with Crippen LogP contribution in [0.1, 0.15) is 29.8 Å². The summed E-state index contributed by atoms with van der Waals surface area (Å²) in [5, 5.41) is 2.83. The van der Waals surface area contributed by atoms with Gasteiger partial charge in [0.2, 0.25) is 5.91 Å². The Balaban J connectivity index is 1.86. The van der Waals surface area contributed by atoms with Crippen LogP contribution in [0.5, 0.6) is 5.75 Å². The van der Waals surface area contributed by atoms with Crippen molar-refractivity contribution in [1.82, 2.24) is 0 Å². The summed E-state index contributed by atoms with van der Waals surface area (Å²) in [5.41, 5.74) is 1.92. The molecular weight excluding hydrogens is 356 g/mol. The predicted molar refractivity (Wildman–Crippen MR) is 109 cm³/mol. The van der Waals surface area contributed by atoms with Gasteiger partial charge in [-0.25, -0.2) is 4.79 Å². The van der Waals surface area contributed by atoms with Crippen LogP contribution < -0.4 is 15.0 Å². The van der Waals surface area contributed by atoms with Gasteiger partial charge >= 0.3 is 5.97 Å². The number of hydrogen-bond donors (Lipinski definition) is 2. The molecule has 0 heterocycles. The number of amides is 1. The van der Waals surface area contributed by atoms with Gasteiger partial charge < -0.3 is 19.7 Å². The summed E-state index contributed by atoms with van der Waals surface area (Å²) in [6.45, 7) is 7.45. The van der Waals surface area contributed by atoms with E-state index in [1.54, 1.807) is 31.4 Å². The number of rotatable bonds is 10. The maximum atomic E-state index is 12.3. The zero-order valence-electron chi connectivity index (χ0n) is 16.8. The van der Waals surface area contributed by atoms with E-state index in [1.807, 2.05) is 24.3 Å². The van der Waals surface area contributed by atoms with Crippen LogP contribution in [0.3, 0.4) is 0 Å². The largest absolute Gasteiger partial charge is 0.496 e. The number of ether oxygens (including phenoxy) is 2. The van der Waals surface area contributed by atoms with E-state index < -0.39 is 0 Å². The molecule has 0 fully saturated rings. The fourth-order valence-corrected chi connectivity index (χ4v) is 2.89.